The molecular formula is C14H17FN2O3. The standard InChI is InChI=1S/C14H17FN2O3/c1-2-9-17(10-13(18)19)14(20)16-8-7-11-5-3-4-6-12(11)15/h2-6H,1,7-10H2,(H,16,20)(H,18,19). The fraction of sp³-hybridized carbons (Fsp3) is 0.286. The van der Waals surface area contributed by atoms with Crippen LogP contribution in [0, 0.1) is 5.82 Å². The Hall–Kier alpha value is -2.37. The maximum absolute atomic E-state index is 13.4. The molecule has 0 aromatic heterocycles. The van der Waals surface area contributed by atoms with Crippen LogP contribution in [0.15, 0.2) is 36.9 Å². The smallest absolute Gasteiger partial charge is 0.323 e. The predicted molar refractivity (Wildman–Crippen MR) is 72.9 cm³/mol. The highest BCUT2D eigenvalue weighted by atomic mass is 19.1. The van der Waals surface area contributed by atoms with Crippen molar-refractivity contribution in [1.82, 2.24) is 10.2 Å². The van der Waals surface area contributed by atoms with E-state index in [0.29, 0.717) is 12.0 Å². The summed E-state index contributed by atoms with van der Waals surface area (Å²) in [6.07, 6.45) is 1.78. The lowest BCUT2D eigenvalue weighted by Gasteiger charge is -2.19. The second-order valence-electron chi connectivity index (χ2n) is 4.14. The van der Waals surface area contributed by atoms with E-state index in [0.717, 1.165) is 4.90 Å². The SMILES string of the molecule is C=CCN(CC(=O)O)C(=O)NCCc1ccccc1F. The second kappa shape index (κ2) is 7.93. The lowest BCUT2D eigenvalue weighted by atomic mass is 10.1. The normalized spacial score (nSPS) is 9.85. The van der Waals surface area contributed by atoms with Gasteiger partial charge in [0, 0.05) is 13.1 Å². The van der Waals surface area contributed by atoms with E-state index in [1.807, 2.05) is 0 Å². The van der Waals surface area contributed by atoms with Crippen molar-refractivity contribution in [1.29, 1.82) is 0 Å². The quantitative estimate of drug-likeness (QED) is 0.746. The molecule has 0 aliphatic carbocycles. The number of carbonyl (C=O) groups is 2. The first kappa shape index (κ1) is 15.7. The molecule has 20 heavy (non-hydrogen) atoms. The number of nitrogens with one attached hydrogen (secondary N) is 1. The lowest BCUT2D eigenvalue weighted by molar-refractivity contribution is -0.137. The Bertz CT molecular complexity index is 491. The van der Waals surface area contributed by atoms with Crippen molar-refractivity contribution in [2.24, 2.45) is 0 Å². The molecule has 1 aromatic carbocycles. The van der Waals surface area contributed by atoms with Crippen molar-refractivity contribution in [3.05, 3.63) is 48.3 Å². The number of carboxylic acid groups (broad SMARTS) is 1. The van der Waals surface area contributed by atoms with Gasteiger partial charge in [0.25, 0.3) is 0 Å². The van der Waals surface area contributed by atoms with Gasteiger partial charge in [0.2, 0.25) is 0 Å². The zero-order valence-corrected chi connectivity index (χ0v) is 11.0. The predicted octanol–water partition coefficient (Wildman–Crippen LogP) is 1.65. The summed E-state index contributed by atoms with van der Waals surface area (Å²) >= 11 is 0. The number of hydrogen-bond acceptors (Lipinski definition) is 2. The molecule has 0 heterocycles. The zero-order chi connectivity index (χ0) is 15.0. The molecule has 0 unspecified atom stereocenters. The third kappa shape index (κ3) is 5.09. The van der Waals surface area contributed by atoms with Crippen molar-refractivity contribution in [3.8, 4) is 0 Å². The van der Waals surface area contributed by atoms with Gasteiger partial charge in [0.05, 0.1) is 0 Å². The third-order valence-corrected chi connectivity index (χ3v) is 2.59. The van der Waals surface area contributed by atoms with Gasteiger partial charge in [0.15, 0.2) is 0 Å². The minimum absolute atomic E-state index is 0.137. The van der Waals surface area contributed by atoms with Gasteiger partial charge < -0.3 is 15.3 Å². The molecule has 6 heteroatoms. The maximum atomic E-state index is 13.4. The van der Waals surface area contributed by atoms with Crippen molar-refractivity contribution >= 4 is 12.0 Å². The molecule has 2 amide bonds. The van der Waals surface area contributed by atoms with Gasteiger partial charge in [-0.1, -0.05) is 24.3 Å². The monoisotopic (exact) mass is 280 g/mol. The van der Waals surface area contributed by atoms with Crippen LogP contribution >= 0.6 is 0 Å². The summed E-state index contributed by atoms with van der Waals surface area (Å²) in [5, 5.41) is 11.3. The van der Waals surface area contributed by atoms with E-state index in [1.54, 1.807) is 18.2 Å². The minimum Gasteiger partial charge on any atom is -0.480 e. The van der Waals surface area contributed by atoms with Crippen molar-refractivity contribution in [2.75, 3.05) is 19.6 Å². The number of hydrogen-bond donors (Lipinski definition) is 2. The first-order chi connectivity index (χ1) is 9.54. The number of carboxylic acids is 1. The Morgan fingerprint density at radius 3 is 2.70 bits per heavy atom. The van der Waals surface area contributed by atoms with Crippen LogP contribution in [0.1, 0.15) is 5.56 Å². The van der Waals surface area contributed by atoms with Crippen molar-refractivity contribution in [3.63, 3.8) is 0 Å². The first-order valence-corrected chi connectivity index (χ1v) is 6.13. The largest absolute Gasteiger partial charge is 0.480 e. The molecule has 0 aliphatic rings. The Balaban J connectivity index is 2.47. The number of amides is 2. The van der Waals surface area contributed by atoms with Gasteiger partial charge in [-0.3, -0.25) is 4.79 Å². The molecular weight excluding hydrogens is 263 g/mol. The number of carbonyl (C=O) groups excluding carboxylic acids is 1. The van der Waals surface area contributed by atoms with Gasteiger partial charge in [-0.15, -0.1) is 6.58 Å². The molecule has 1 rings (SSSR count). The van der Waals surface area contributed by atoms with Crippen LogP contribution in [0.3, 0.4) is 0 Å². The molecule has 5 nitrogen and oxygen atoms in total. The van der Waals surface area contributed by atoms with Crippen LogP contribution in [0.4, 0.5) is 9.18 Å². The van der Waals surface area contributed by atoms with Crippen LogP contribution in [-0.2, 0) is 11.2 Å². The van der Waals surface area contributed by atoms with Gasteiger partial charge in [-0.25, -0.2) is 9.18 Å². The molecule has 0 saturated heterocycles. The Labute approximate surface area is 116 Å². The Morgan fingerprint density at radius 1 is 1.40 bits per heavy atom. The minimum atomic E-state index is -1.10. The van der Waals surface area contributed by atoms with E-state index >= 15 is 0 Å². The highest BCUT2D eigenvalue weighted by Gasteiger charge is 2.14. The second-order valence-corrected chi connectivity index (χ2v) is 4.14. The topological polar surface area (TPSA) is 69.6 Å². The van der Waals surface area contributed by atoms with Crippen LogP contribution in [0.5, 0.6) is 0 Å². The van der Waals surface area contributed by atoms with E-state index in [9.17, 15) is 14.0 Å². The summed E-state index contributed by atoms with van der Waals surface area (Å²) in [6, 6.07) is 5.79. The summed E-state index contributed by atoms with van der Waals surface area (Å²) < 4.78 is 13.4. The summed E-state index contributed by atoms with van der Waals surface area (Å²) in [6.45, 7) is 3.43. The fourth-order valence-electron chi connectivity index (χ4n) is 1.66. The van der Waals surface area contributed by atoms with Crippen LogP contribution in [0.2, 0.25) is 0 Å². The molecule has 0 spiro atoms. The highest BCUT2D eigenvalue weighted by molar-refractivity contribution is 5.80. The van der Waals surface area contributed by atoms with Crippen molar-refractivity contribution in [2.45, 2.75) is 6.42 Å². The average molecular weight is 280 g/mol. The van der Waals surface area contributed by atoms with Gasteiger partial charge in [-0.05, 0) is 18.1 Å². The van der Waals surface area contributed by atoms with Gasteiger partial charge in [0.1, 0.15) is 12.4 Å². The highest BCUT2D eigenvalue weighted by Crippen LogP contribution is 2.06. The molecule has 0 atom stereocenters. The first-order valence-electron chi connectivity index (χ1n) is 6.13. The molecule has 0 aliphatic heterocycles. The molecule has 0 bridgehead atoms. The molecule has 108 valence electrons. The lowest BCUT2D eigenvalue weighted by Crippen LogP contribution is -2.43. The summed E-state index contributed by atoms with van der Waals surface area (Å²) in [7, 11) is 0. The van der Waals surface area contributed by atoms with Crippen LogP contribution < -0.4 is 5.32 Å². The summed E-state index contributed by atoms with van der Waals surface area (Å²) in [5.41, 5.74) is 0.501. The van der Waals surface area contributed by atoms with E-state index in [1.165, 1.54) is 12.1 Å². The Kier molecular flexibility index (Phi) is 6.22. The van der Waals surface area contributed by atoms with Crippen LogP contribution in [-0.4, -0.2) is 41.6 Å². The zero-order valence-electron chi connectivity index (χ0n) is 11.0. The van der Waals surface area contributed by atoms with E-state index in [4.69, 9.17) is 5.11 Å². The maximum Gasteiger partial charge on any atom is 0.323 e. The number of rotatable bonds is 7. The van der Waals surface area contributed by atoms with E-state index < -0.39 is 18.5 Å². The number of aliphatic carboxylic acids is 1. The summed E-state index contributed by atoms with van der Waals surface area (Å²) in [5.74, 6) is -1.42. The molecule has 1 aromatic rings. The number of benzene rings is 1. The fourth-order valence-corrected chi connectivity index (χ4v) is 1.66. The molecule has 0 radical (unpaired) electrons. The van der Waals surface area contributed by atoms with Crippen molar-refractivity contribution < 1.29 is 19.1 Å². The number of urea groups is 1. The van der Waals surface area contributed by atoms with Crippen LogP contribution in [0.25, 0.3) is 0 Å². The molecule has 2 N–H and O–H groups in total. The average Bonchev–Trinajstić information content (AvgIpc) is 2.40. The van der Waals surface area contributed by atoms with Gasteiger partial charge in [-0.2, -0.15) is 0 Å². The Morgan fingerprint density at radius 2 is 2.10 bits per heavy atom. The summed E-state index contributed by atoms with van der Waals surface area (Å²) in [4.78, 5) is 23.5. The number of halogens is 1. The van der Waals surface area contributed by atoms with E-state index in [-0.39, 0.29) is 18.9 Å². The third-order valence-electron chi connectivity index (χ3n) is 2.59. The number of nitrogens with zero attached hydrogens (tertiary/aromatic N) is 1. The molecule has 0 fully saturated rings. The molecule has 0 saturated carbocycles. The van der Waals surface area contributed by atoms with Gasteiger partial charge >= 0.3 is 12.0 Å². The van der Waals surface area contributed by atoms with E-state index in [2.05, 4.69) is 11.9 Å².